The zero-order valence-electron chi connectivity index (χ0n) is 14.8. The van der Waals surface area contributed by atoms with Crippen molar-refractivity contribution in [3.8, 4) is 0 Å². The molecule has 0 unspecified atom stereocenters. The van der Waals surface area contributed by atoms with Gasteiger partial charge in [-0.05, 0) is 38.5 Å². The number of guanidine groups is 1. The number of halogens is 2. The van der Waals surface area contributed by atoms with Crippen molar-refractivity contribution < 1.29 is 8.42 Å². The molecular weight excluding hydrogens is 461 g/mol. The minimum atomic E-state index is -3.15. The fourth-order valence-corrected chi connectivity index (χ4v) is 3.17. The normalized spacial score (nSPS) is 12.5. The molecule has 0 aliphatic carbocycles. The van der Waals surface area contributed by atoms with Gasteiger partial charge in [-0.25, -0.2) is 8.42 Å². The Morgan fingerprint density at radius 3 is 2.46 bits per heavy atom. The molecule has 0 fully saturated rings. The van der Waals surface area contributed by atoms with E-state index in [0.29, 0.717) is 24.1 Å². The standard InChI is InChI=1S/C16H26ClN3O2S.HI/c1-16(2,3)23(21,22)10-9-19-15(18-4)20(5)12-13-7-6-8-14(17)11-13;/h6-8,11H,9-10,12H2,1-5H3,(H,18,19);1H. The molecule has 0 aliphatic heterocycles. The van der Waals surface area contributed by atoms with E-state index in [1.165, 1.54) is 0 Å². The number of sulfone groups is 1. The Bertz CT molecular complexity index is 658. The Labute approximate surface area is 167 Å². The van der Waals surface area contributed by atoms with Crippen LogP contribution in [0.3, 0.4) is 0 Å². The Morgan fingerprint density at radius 2 is 1.96 bits per heavy atom. The molecule has 5 nitrogen and oxygen atoms in total. The first-order valence-electron chi connectivity index (χ1n) is 7.45. The molecule has 0 radical (unpaired) electrons. The van der Waals surface area contributed by atoms with Gasteiger partial charge >= 0.3 is 0 Å². The second-order valence-electron chi connectivity index (χ2n) is 6.39. The lowest BCUT2D eigenvalue weighted by molar-refractivity contribution is 0.478. The van der Waals surface area contributed by atoms with Crippen LogP contribution < -0.4 is 5.32 Å². The molecule has 0 saturated carbocycles. The van der Waals surface area contributed by atoms with E-state index in [4.69, 9.17) is 11.6 Å². The van der Waals surface area contributed by atoms with Crippen molar-refractivity contribution in [2.45, 2.75) is 32.1 Å². The molecule has 8 heteroatoms. The molecule has 0 amide bonds. The molecule has 24 heavy (non-hydrogen) atoms. The number of hydrogen-bond donors (Lipinski definition) is 1. The van der Waals surface area contributed by atoms with Crippen LogP contribution in [0.1, 0.15) is 26.3 Å². The van der Waals surface area contributed by atoms with Gasteiger partial charge in [0, 0.05) is 32.2 Å². The molecule has 1 aromatic rings. The molecule has 0 aliphatic rings. The molecular formula is C16H27ClIN3O2S. The summed E-state index contributed by atoms with van der Waals surface area (Å²) >= 11 is 5.99. The van der Waals surface area contributed by atoms with Crippen molar-refractivity contribution in [1.82, 2.24) is 10.2 Å². The zero-order chi connectivity index (χ0) is 17.7. The van der Waals surface area contributed by atoms with Crippen molar-refractivity contribution in [3.63, 3.8) is 0 Å². The number of rotatable bonds is 5. The van der Waals surface area contributed by atoms with Gasteiger partial charge in [0.1, 0.15) is 0 Å². The lowest BCUT2D eigenvalue weighted by atomic mass is 10.2. The summed E-state index contributed by atoms with van der Waals surface area (Å²) < 4.78 is 23.5. The van der Waals surface area contributed by atoms with E-state index in [1.807, 2.05) is 36.2 Å². The molecule has 0 aromatic heterocycles. The van der Waals surface area contributed by atoms with Crippen molar-refractivity contribution >= 4 is 51.4 Å². The van der Waals surface area contributed by atoms with Gasteiger partial charge < -0.3 is 10.2 Å². The fourth-order valence-electron chi connectivity index (χ4n) is 1.97. The van der Waals surface area contributed by atoms with E-state index in [0.717, 1.165) is 5.56 Å². The Hall–Kier alpha value is -0.540. The van der Waals surface area contributed by atoms with E-state index in [9.17, 15) is 8.42 Å². The number of benzene rings is 1. The van der Waals surface area contributed by atoms with Crippen LogP contribution in [0, 0.1) is 0 Å². The van der Waals surface area contributed by atoms with Crippen LogP contribution in [0.25, 0.3) is 0 Å². The lowest BCUT2D eigenvalue weighted by Gasteiger charge is -2.23. The summed E-state index contributed by atoms with van der Waals surface area (Å²) in [5.74, 6) is 0.717. The Morgan fingerprint density at radius 1 is 1.33 bits per heavy atom. The van der Waals surface area contributed by atoms with E-state index >= 15 is 0 Å². The van der Waals surface area contributed by atoms with Gasteiger partial charge in [-0.1, -0.05) is 23.7 Å². The van der Waals surface area contributed by atoms with Crippen molar-refractivity contribution in [1.29, 1.82) is 0 Å². The maximum absolute atomic E-state index is 12.1. The van der Waals surface area contributed by atoms with Gasteiger partial charge in [-0.15, -0.1) is 24.0 Å². The lowest BCUT2D eigenvalue weighted by Crippen LogP contribution is -2.42. The number of aliphatic imine (C=N–C) groups is 1. The Kier molecular flexibility index (Phi) is 9.60. The largest absolute Gasteiger partial charge is 0.355 e. The maximum atomic E-state index is 12.1. The van der Waals surface area contributed by atoms with Crippen LogP contribution in [0.2, 0.25) is 5.02 Å². The summed E-state index contributed by atoms with van der Waals surface area (Å²) in [5, 5.41) is 3.79. The summed E-state index contributed by atoms with van der Waals surface area (Å²) in [6.07, 6.45) is 0. The molecule has 0 saturated heterocycles. The van der Waals surface area contributed by atoms with Gasteiger partial charge in [0.25, 0.3) is 0 Å². The van der Waals surface area contributed by atoms with Gasteiger partial charge in [0.05, 0.1) is 10.5 Å². The number of nitrogens with one attached hydrogen (secondary N) is 1. The molecule has 0 bridgehead atoms. The number of nitrogens with zero attached hydrogens (tertiary/aromatic N) is 2. The van der Waals surface area contributed by atoms with Crippen molar-refractivity contribution in [3.05, 3.63) is 34.9 Å². The van der Waals surface area contributed by atoms with Gasteiger partial charge in [0.2, 0.25) is 0 Å². The topological polar surface area (TPSA) is 61.8 Å². The Balaban J connectivity index is 0.00000529. The summed E-state index contributed by atoms with van der Waals surface area (Å²) in [6.45, 7) is 6.09. The highest BCUT2D eigenvalue weighted by molar-refractivity contribution is 14.0. The summed E-state index contributed by atoms with van der Waals surface area (Å²) in [7, 11) is 0.428. The summed E-state index contributed by atoms with van der Waals surface area (Å²) in [4.78, 5) is 6.12. The third-order valence-electron chi connectivity index (χ3n) is 3.47. The minimum absolute atomic E-state index is 0. The highest BCUT2D eigenvalue weighted by Crippen LogP contribution is 2.15. The van der Waals surface area contributed by atoms with E-state index in [1.54, 1.807) is 27.8 Å². The average Bonchev–Trinajstić information content (AvgIpc) is 2.42. The van der Waals surface area contributed by atoms with Crippen LogP contribution in [0.15, 0.2) is 29.3 Å². The van der Waals surface area contributed by atoms with E-state index in [-0.39, 0.29) is 29.7 Å². The average molecular weight is 488 g/mol. The second kappa shape index (κ2) is 9.82. The number of hydrogen-bond acceptors (Lipinski definition) is 3. The third kappa shape index (κ3) is 7.14. The van der Waals surface area contributed by atoms with Crippen LogP contribution in [0.5, 0.6) is 0 Å². The maximum Gasteiger partial charge on any atom is 0.193 e. The summed E-state index contributed by atoms with van der Waals surface area (Å²) in [5.41, 5.74) is 1.06. The molecule has 138 valence electrons. The first-order valence-corrected chi connectivity index (χ1v) is 9.48. The van der Waals surface area contributed by atoms with Crippen LogP contribution in [-0.2, 0) is 16.4 Å². The SMILES string of the molecule is CN=C(NCCS(=O)(=O)C(C)(C)C)N(C)Cc1cccc(Cl)c1.I. The van der Waals surface area contributed by atoms with E-state index in [2.05, 4.69) is 10.3 Å². The second-order valence-corrected chi connectivity index (χ2v) is 9.69. The third-order valence-corrected chi connectivity index (χ3v) is 6.31. The van der Waals surface area contributed by atoms with Gasteiger partial charge in [0.15, 0.2) is 15.8 Å². The van der Waals surface area contributed by atoms with Crippen molar-refractivity contribution in [2.75, 3.05) is 26.4 Å². The molecule has 0 heterocycles. The molecule has 1 rings (SSSR count). The first-order chi connectivity index (χ1) is 10.6. The summed E-state index contributed by atoms with van der Waals surface area (Å²) in [6, 6.07) is 7.61. The molecule has 1 aromatic carbocycles. The highest BCUT2D eigenvalue weighted by Gasteiger charge is 2.28. The predicted molar refractivity (Wildman–Crippen MR) is 113 cm³/mol. The van der Waals surface area contributed by atoms with Crippen LogP contribution >= 0.6 is 35.6 Å². The van der Waals surface area contributed by atoms with Crippen LogP contribution in [-0.4, -0.2) is 50.4 Å². The van der Waals surface area contributed by atoms with E-state index < -0.39 is 14.6 Å². The molecule has 0 atom stereocenters. The highest BCUT2D eigenvalue weighted by atomic mass is 127. The fraction of sp³-hybridized carbons (Fsp3) is 0.562. The molecule has 1 N–H and O–H groups in total. The van der Waals surface area contributed by atoms with Crippen molar-refractivity contribution in [2.24, 2.45) is 4.99 Å². The minimum Gasteiger partial charge on any atom is -0.355 e. The zero-order valence-corrected chi connectivity index (χ0v) is 18.7. The molecule has 0 spiro atoms. The smallest absolute Gasteiger partial charge is 0.193 e. The van der Waals surface area contributed by atoms with Crippen LogP contribution in [0.4, 0.5) is 0 Å². The van der Waals surface area contributed by atoms with Gasteiger partial charge in [-0.2, -0.15) is 0 Å². The predicted octanol–water partition coefficient (Wildman–Crippen LogP) is 3.18. The van der Waals surface area contributed by atoms with Gasteiger partial charge in [-0.3, -0.25) is 4.99 Å². The first kappa shape index (κ1) is 23.5. The monoisotopic (exact) mass is 487 g/mol. The quantitative estimate of drug-likeness (QED) is 0.394.